The average Bonchev–Trinajstić information content (AvgIpc) is 2.92. The quantitative estimate of drug-likeness (QED) is 0.0714. The third-order valence-corrected chi connectivity index (χ3v) is 18.6. The molecule has 0 aliphatic heterocycles. The molecule has 0 aromatic heterocycles. The first-order valence-electron chi connectivity index (χ1n) is 13.3. The summed E-state index contributed by atoms with van der Waals surface area (Å²) in [7, 11) is 0. The Morgan fingerprint density at radius 3 is 1.34 bits per heavy atom. The first kappa shape index (κ1) is 28.3. The van der Waals surface area contributed by atoms with E-state index in [0.29, 0.717) is 0 Å². The van der Waals surface area contributed by atoms with Crippen molar-refractivity contribution in [3.05, 3.63) is 91.0 Å². The topological polar surface area (TPSA) is 18.5 Å². The van der Waals surface area contributed by atoms with Gasteiger partial charge in [-0.05, 0) is 0 Å². The van der Waals surface area contributed by atoms with E-state index in [0.717, 1.165) is 19.6 Å². The normalized spacial score (nSPS) is 13.0. The molecule has 0 amide bonds. The predicted molar refractivity (Wildman–Crippen MR) is 163 cm³/mol. The van der Waals surface area contributed by atoms with E-state index in [-0.39, 0.29) is 6.29 Å². The summed E-state index contributed by atoms with van der Waals surface area (Å²) in [6.07, 6.45) is 9.67. The number of unbranched alkanes of at least 4 members (excludes halogenated alkanes) is 5. The van der Waals surface area contributed by atoms with Crippen molar-refractivity contribution in [1.29, 1.82) is 0 Å². The Morgan fingerprint density at radius 1 is 0.571 bits per heavy atom. The van der Waals surface area contributed by atoms with Crippen molar-refractivity contribution in [2.75, 3.05) is 19.4 Å². The van der Waals surface area contributed by atoms with Gasteiger partial charge in [0.25, 0.3) is 0 Å². The Morgan fingerprint density at radius 2 is 0.943 bits per heavy atom. The molecule has 3 aromatic rings. The minimum atomic E-state index is -2.61. The van der Waals surface area contributed by atoms with Gasteiger partial charge < -0.3 is 0 Å². The van der Waals surface area contributed by atoms with Gasteiger partial charge in [-0.1, -0.05) is 0 Å². The fourth-order valence-corrected chi connectivity index (χ4v) is 13.9. The molecule has 3 rings (SSSR count). The fourth-order valence-electron chi connectivity index (χ4n) is 5.06. The third-order valence-electron chi connectivity index (χ3n) is 6.86. The zero-order valence-electron chi connectivity index (χ0n) is 21.5. The van der Waals surface area contributed by atoms with E-state index < -0.39 is 4.25 Å². The van der Waals surface area contributed by atoms with Crippen LogP contribution in [0.2, 0.25) is 0 Å². The Kier molecular flexibility index (Phi) is 11.7. The van der Waals surface area contributed by atoms with Gasteiger partial charge in [-0.3, -0.25) is 0 Å². The zero-order chi connectivity index (χ0) is 24.8. The van der Waals surface area contributed by atoms with Crippen LogP contribution < -0.4 is 15.9 Å². The van der Waals surface area contributed by atoms with E-state index in [4.69, 9.17) is 9.47 Å². The van der Waals surface area contributed by atoms with Crippen LogP contribution in [0, 0.1) is 0 Å². The standard InChI is InChI=1S/C31H42IO2P/c1-3-33-31(34-4-2)26-18-7-5-6-8-19-27-35(32,28-20-12-9-13-21-28,29-22-14-10-15-23-29)30-24-16-11-17-25-30/h9-17,20-25,31H,3-8,18-19,26-27H2,1-2H3. The van der Waals surface area contributed by atoms with Crippen molar-refractivity contribution < 1.29 is 9.47 Å². The molecule has 0 N–H and O–H groups in total. The van der Waals surface area contributed by atoms with Crippen molar-refractivity contribution in [2.24, 2.45) is 0 Å². The summed E-state index contributed by atoms with van der Waals surface area (Å²) in [4.78, 5) is 0. The second-order valence-electron chi connectivity index (χ2n) is 9.16. The van der Waals surface area contributed by atoms with Crippen LogP contribution in [0.5, 0.6) is 0 Å². The fraction of sp³-hybridized carbons (Fsp3) is 0.419. The van der Waals surface area contributed by atoms with Gasteiger partial charge in [0.1, 0.15) is 0 Å². The van der Waals surface area contributed by atoms with Crippen molar-refractivity contribution in [3.8, 4) is 0 Å². The molecule has 0 bridgehead atoms. The first-order valence-corrected chi connectivity index (χ1v) is 18.5. The first-order chi connectivity index (χ1) is 17.1. The zero-order valence-corrected chi connectivity index (χ0v) is 24.5. The number of ether oxygens (including phenoxy) is 2. The summed E-state index contributed by atoms with van der Waals surface area (Å²) in [6, 6.07) is 33.8. The number of halogens is 1. The van der Waals surface area contributed by atoms with Crippen molar-refractivity contribution in [3.63, 3.8) is 0 Å². The molecule has 0 unspecified atom stereocenters. The van der Waals surface area contributed by atoms with Crippen molar-refractivity contribution in [2.45, 2.75) is 65.1 Å². The maximum absolute atomic E-state index is 5.68. The second kappa shape index (κ2) is 14.5. The van der Waals surface area contributed by atoms with Crippen LogP contribution in [0.3, 0.4) is 0 Å². The van der Waals surface area contributed by atoms with Crippen LogP contribution in [-0.2, 0) is 9.47 Å². The monoisotopic (exact) mass is 604 g/mol. The van der Waals surface area contributed by atoms with E-state index in [1.807, 2.05) is 13.8 Å². The van der Waals surface area contributed by atoms with Gasteiger partial charge in [0.15, 0.2) is 0 Å². The number of hydrogen-bond acceptors (Lipinski definition) is 2. The molecular formula is C31H42IO2P. The molecule has 0 aliphatic rings. The van der Waals surface area contributed by atoms with E-state index in [1.54, 1.807) is 0 Å². The Labute approximate surface area is 226 Å². The molecule has 0 aliphatic carbocycles. The van der Waals surface area contributed by atoms with Crippen molar-refractivity contribution >= 4 is 42.2 Å². The summed E-state index contributed by atoms with van der Waals surface area (Å²) in [5.41, 5.74) is 0. The number of hydrogen-bond donors (Lipinski definition) is 0. The van der Waals surface area contributed by atoms with Gasteiger partial charge in [-0.15, -0.1) is 0 Å². The molecule has 35 heavy (non-hydrogen) atoms. The van der Waals surface area contributed by atoms with Crippen LogP contribution in [0.25, 0.3) is 0 Å². The van der Waals surface area contributed by atoms with Gasteiger partial charge in [-0.2, -0.15) is 0 Å². The predicted octanol–water partition coefficient (Wildman–Crippen LogP) is 8.00. The Hall–Kier alpha value is -1.26. The SMILES string of the molecule is CCOC(CCCCCCCCP(I)(c1ccccc1)(c1ccccc1)c1ccccc1)OCC. The molecule has 0 atom stereocenters. The second-order valence-corrected chi connectivity index (χ2v) is 19.9. The summed E-state index contributed by atoms with van der Waals surface area (Å²) in [5, 5.41) is 4.44. The molecule has 0 saturated heterocycles. The molecule has 0 radical (unpaired) electrons. The molecule has 2 nitrogen and oxygen atoms in total. The van der Waals surface area contributed by atoms with Gasteiger partial charge >= 0.3 is 227 Å². The molecule has 0 heterocycles. The Balaban J connectivity index is 1.69. The van der Waals surface area contributed by atoms with Crippen molar-refractivity contribution in [1.82, 2.24) is 0 Å². The third kappa shape index (κ3) is 7.16. The van der Waals surface area contributed by atoms with E-state index in [9.17, 15) is 0 Å². The van der Waals surface area contributed by atoms with Crippen LogP contribution >= 0.6 is 26.3 Å². The summed E-state index contributed by atoms with van der Waals surface area (Å²) in [5.74, 6) is 0. The molecule has 0 saturated carbocycles. The maximum atomic E-state index is 5.68. The van der Waals surface area contributed by atoms with E-state index in [2.05, 4.69) is 113 Å². The summed E-state index contributed by atoms with van der Waals surface area (Å²) in [6.45, 7) is 5.51. The van der Waals surface area contributed by atoms with Crippen LogP contribution in [0.1, 0.15) is 58.8 Å². The molecule has 4 heteroatoms. The number of benzene rings is 3. The van der Waals surface area contributed by atoms with Gasteiger partial charge in [0.05, 0.1) is 0 Å². The van der Waals surface area contributed by atoms with Crippen LogP contribution in [-0.4, -0.2) is 25.7 Å². The number of rotatable bonds is 16. The molecule has 3 aromatic carbocycles. The molecule has 0 fully saturated rings. The Bertz CT molecular complexity index is 860. The van der Waals surface area contributed by atoms with Crippen LogP contribution in [0.4, 0.5) is 0 Å². The molecule has 190 valence electrons. The summed E-state index contributed by atoms with van der Waals surface area (Å²) >= 11 is 2.91. The average molecular weight is 605 g/mol. The van der Waals surface area contributed by atoms with Gasteiger partial charge in [0.2, 0.25) is 0 Å². The molecular weight excluding hydrogens is 562 g/mol. The van der Waals surface area contributed by atoms with E-state index in [1.165, 1.54) is 60.6 Å². The summed E-state index contributed by atoms with van der Waals surface area (Å²) < 4.78 is 8.76. The van der Waals surface area contributed by atoms with Gasteiger partial charge in [-0.25, -0.2) is 0 Å². The van der Waals surface area contributed by atoms with E-state index >= 15 is 0 Å². The van der Waals surface area contributed by atoms with Crippen LogP contribution in [0.15, 0.2) is 91.0 Å². The minimum absolute atomic E-state index is 0.0299. The van der Waals surface area contributed by atoms with Gasteiger partial charge in [0, 0.05) is 0 Å². The molecule has 0 spiro atoms.